The van der Waals surface area contributed by atoms with Gasteiger partial charge in [0.15, 0.2) is 0 Å². The van der Waals surface area contributed by atoms with Crippen LogP contribution in [0.5, 0.6) is 11.5 Å². The molecule has 0 bridgehead atoms. The second kappa shape index (κ2) is 15.7. The fourth-order valence-corrected chi connectivity index (χ4v) is 4.63. The molecule has 226 valence electrons. The van der Waals surface area contributed by atoms with Crippen molar-refractivity contribution in [1.29, 1.82) is 10.8 Å². The summed E-state index contributed by atoms with van der Waals surface area (Å²) in [6, 6.07) is 26.9. The second-order valence-electron chi connectivity index (χ2n) is 10.1. The number of H-pyrrole nitrogens is 1. The van der Waals surface area contributed by atoms with Crippen LogP contribution >= 0.6 is 0 Å². The number of aryl methyl sites for hydroxylation is 2. The molecule has 0 aliphatic rings. The van der Waals surface area contributed by atoms with Crippen molar-refractivity contribution in [1.82, 2.24) is 20.2 Å². The highest BCUT2D eigenvalue weighted by molar-refractivity contribution is 6.02. The number of carbonyl (C=O) groups excluding carboxylic acids is 1. The number of nitrogens with one attached hydrogen (secondary N) is 4. The Hall–Kier alpha value is -5.44. The number of amidine groups is 2. The SMILES string of the molecule is COc1ccc(CN(C(=N)CCc2ccccc2)C(=N)CNC(=O)c2ccncc2)c(OC)c1.Cc1c[nH]c2ccccc12. The quantitative estimate of drug-likeness (QED) is 0.111. The summed E-state index contributed by atoms with van der Waals surface area (Å²) in [5.41, 5.74) is 4.92. The minimum Gasteiger partial charge on any atom is -0.497 e. The first-order chi connectivity index (χ1) is 21.4. The molecular formula is C35H38N6O3. The van der Waals surface area contributed by atoms with Gasteiger partial charge in [0.25, 0.3) is 5.91 Å². The predicted octanol–water partition coefficient (Wildman–Crippen LogP) is 6.39. The van der Waals surface area contributed by atoms with Gasteiger partial charge in [-0.1, -0.05) is 48.5 Å². The molecule has 5 rings (SSSR count). The van der Waals surface area contributed by atoms with Crippen LogP contribution in [0.2, 0.25) is 0 Å². The largest absolute Gasteiger partial charge is 0.497 e. The Morgan fingerprint density at radius 3 is 2.34 bits per heavy atom. The van der Waals surface area contributed by atoms with Crippen LogP contribution in [0, 0.1) is 17.7 Å². The molecule has 1 amide bonds. The van der Waals surface area contributed by atoms with E-state index in [1.54, 1.807) is 49.7 Å². The van der Waals surface area contributed by atoms with Crippen LogP contribution in [0.3, 0.4) is 0 Å². The number of rotatable bonds is 10. The van der Waals surface area contributed by atoms with Crippen LogP contribution < -0.4 is 14.8 Å². The van der Waals surface area contributed by atoms with Gasteiger partial charge < -0.3 is 24.7 Å². The van der Waals surface area contributed by atoms with Crippen molar-refractivity contribution in [2.75, 3.05) is 20.8 Å². The maximum Gasteiger partial charge on any atom is 0.251 e. The van der Waals surface area contributed by atoms with Gasteiger partial charge in [-0.05, 0) is 54.8 Å². The number of pyridine rings is 1. The third kappa shape index (κ3) is 8.54. The van der Waals surface area contributed by atoms with E-state index in [0.717, 1.165) is 11.1 Å². The average molecular weight is 591 g/mol. The van der Waals surface area contributed by atoms with Crippen molar-refractivity contribution < 1.29 is 14.3 Å². The number of carbonyl (C=O) groups is 1. The van der Waals surface area contributed by atoms with E-state index in [0.29, 0.717) is 29.9 Å². The topological polar surface area (TPSA) is 127 Å². The zero-order valence-corrected chi connectivity index (χ0v) is 25.3. The van der Waals surface area contributed by atoms with E-state index >= 15 is 0 Å². The van der Waals surface area contributed by atoms with Gasteiger partial charge >= 0.3 is 0 Å². The number of aromatic nitrogens is 2. The fourth-order valence-electron chi connectivity index (χ4n) is 4.63. The second-order valence-corrected chi connectivity index (χ2v) is 10.1. The van der Waals surface area contributed by atoms with Gasteiger partial charge in [-0.3, -0.25) is 20.6 Å². The molecule has 0 spiro atoms. The lowest BCUT2D eigenvalue weighted by atomic mass is 10.1. The number of fused-ring (bicyclic) bond motifs is 1. The van der Waals surface area contributed by atoms with E-state index < -0.39 is 0 Å². The summed E-state index contributed by atoms with van der Waals surface area (Å²) in [5, 5.41) is 21.5. The zero-order chi connectivity index (χ0) is 31.3. The van der Waals surface area contributed by atoms with E-state index in [2.05, 4.69) is 40.4 Å². The van der Waals surface area contributed by atoms with Crippen molar-refractivity contribution in [2.45, 2.75) is 26.3 Å². The normalized spacial score (nSPS) is 10.3. The summed E-state index contributed by atoms with van der Waals surface area (Å²) in [7, 11) is 3.16. The Balaban J connectivity index is 0.000000369. The van der Waals surface area contributed by atoms with E-state index in [-0.39, 0.29) is 30.7 Å². The molecule has 0 radical (unpaired) electrons. The van der Waals surface area contributed by atoms with E-state index in [4.69, 9.17) is 20.3 Å². The van der Waals surface area contributed by atoms with E-state index in [1.807, 2.05) is 54.7 Å². The Bertz CT molecular complexity index is 1690. The molecule has 0 saturated carbocycles. The summed E-state index contributed by atoms with van der Waals surface area (Å²) < 4.78 is 10.8. The molecular weight excluding hydrogens is 552 g/mol. The number of hydrogen-bond donors (Lipinski definition) is 4. The van der Waals surface area contributed by atoms with Crippen molar-refractivity contribution >= 4 is 28.5 Å². The van der Waals surface area contributed by atoms with E-state index in [9.17, 15) is 4.79 Å². The number of ether oxygens (including phenoxy) is 2. The van der Waals surface area contributed by atoms with Crippen LogP contribution in [-0.2, 0) is 13.0 Å². The van der Waals surface area contributed by atoms with Crippen molar-refractivity contribution in [2.24, 2.45) is 0 Å². The summed E-state index contributed by atoms with van der Waals surface area (Å²) in [6.07, 6.45) is 6.24. The molecule has 0 unspecified atom stereocenters. The molecule has 5 aromatic rings. The van der Waals surface area contributed by atoms with Gasteiger partial charge in [0.05, 0.1) is 27.3 Å². The molecule has 3 aromatic carbocycles. The smallest absolute Gasteiger partial charge is 0.251 e. The minimum atomic E-state index is -0.301. The van der Waals surface area contributed by atoms with Gasteiger partial charge in [-0.2, -0.15) is 0 Å². The highest BCUT2D eigenvalue weighted by Gasteiger charge is 2.19. The lowest BCUT2D eigenvalue weighted by Gasteiger charge is -2.27. The predicted molar refractivity (Wildman–Crippen MR) is 175 cm³/mol. The zero-order valence-electron chi connectivity index (χ0n) is 25.3. The molecule has 9 nitrogen and oxygen atoms in total. The summed E-state index contributed by atoms with van der Waals surface area (Å²) in [6.45, 7) is 2.34. The molecule has 2 heterocycles. The summed E-state index contributed by atoms with van der Waals surface area (Å²) in [5.74, 6) is 1.35. The first-order valence-corrected chi connectivity index (χ1v) is 14.3. The molecule has 0 aliphatic heterocycles. The molecule has 0 aliphatic carbocycles. The average Bonchev–Trinajstić information content (AvgIpc) is 3.46. The van der Waals surface area contributed by atoms with Gasteiger partial charge in [-0.25, -0.2) is 0 Å². The fraction of sp³-hybridized carbons (Fsp3) is 0.200. The van der Waals surface area contributed by atoms with Crippen LogP contribution in [0.25, 0.3) is 10.9 Å². The van der Waals surface area contributed by atoms with Crippen LogP contribution in [0.15, 0.2) is 104 Å². The van der Waals surface area contributed by atoms with Crippen molar-refractivity contribution in [3.63, 3.8) is 0 Å². The van der Waals surface area contributed by atoms with Gasteiger partial charge in [0.2, 0.25) is 0 Å². The maximum atomic E-state index is 12.4. The van der Waals surface area contributed by atoms with Gasteiger partial charge in [0, 0.05) is 53.1 Å². The maximum absolute atomic E-state index is 12.4. The van der Waals surface area contributed by atoms with Crippen LogP contribution in [0.1, 0.15) is 33.5 Å². The van der Waals surface area contributed by atoms with E-state index in [1.165, 1.54) is 16.5 Å². The standard InChI is InChI=1S/C26H29N5O3.C9H9N/c1-33-22-10-9-21(23(16-22)34-2)18-31(24(27)11-8-19-6-4-3-5-7-19)25(28)17-30-26(32)20-12-14-29-15-13-20;1-7-6-10-9-5-3-2-4-8(7)9/h3-7,9-10,12-16,27-28H,8,11,17-18H2,1-2H3,(H,30,32);2-6,10H,1H3. The number of methoxy groups -OCH3 is 2. The monoisotopic (exact) mass is 590 g/mol. The lowest BCUT2D eigenvalue weighted by Crippen LogP contribution is -2.42. The number of hydrogen-bond acceptors (Lipinski definition) is 6. The highest BCUT2D eigenvalue weighted by Crippen LogP contribution is 2.26. The summed E-state index contributed by atoms with van der Waals surface area (Å²) >= 11 is 0. The Labute approximate surface area is 257 Å². The number of nitrogens with zero attached hydrogens (tertiary/aromatic N) is 2. The van der Waals surface area contributed by atoms with Crippen LogP contribution in [0.4, 0.5) is 0 Å². The molecule has 2 aromatic heterocycles. The molecule has 0 saturated heterocycles. The molecule has 0 atom stereocenters. The number of aromatic amines is 1. The number of amides is 1. The highest BCUT2D eigenvalue weighted by atomic mass is 16.5. The molecule has 9 heteroatoms. The minimum absolute atomic E-state index is 0.0205. The Kier molecular flexibility index (Phi) is 11.2. The first kappa shape index (κ1) is 31.5. The number of benzene rings is 3. The Morgan fingerprint density at radius 1 is 0.909 bits per heavy atom. The Morgan fingerprint density at radius 2 is 1.64 bits per heavy atom. The summed E-state index contributed by atoms with van der Waals surface area (Å²) in [4.78, 5) is 21.1. The number of para-hydroxylation sites is 1. The lowest BCUT2D eigenvalue weighted by molar-refractivity contribution is 0.0958. The molecule has 0 fully saturated rings. The van der Waals surface area contributed by atoms with Crippen molar-refractivity contribution in [3.8, 4) is 11.5 Å². The third-order valence-electron chi connectivity index (χ3n) is 7.12. The first-order valence-electron chi connectivity index (χ1n) is 14.3. The van der Waals surface area contributed by atoms with Crippen molar-refractivity contribution in [3.05, 3.63) is 126 Å². The third-order valence-corrected chi connectivity index (χ3v) is 7.12. The van der Waals surface area contributed by atoms with Gasteiger partial charge in [-0.15, -0.1) is 0 Å². The molecule has 44 heavy (non-hydrogen) atoms. The van der Waals surface area contributed by atoms with Crippen LogP contribution in [-0.4, -0.2) is 53.2 Å². The molecule has 4 N–H and O–H groups in total. The van der Waals surface area contributed by atoms with Gasteiger partial charge in [0.1, 0.15) is 23.2 Å².